The van der Waals surface area contributed by atoms with Gasteiger partial charge in [0.2, 0.25) is 0 Å². The Kier molecular flexibility index (Phi) is 617. The summed E-state index contributed by atoms with van der Waals surface area (Å²) in [6.45, 7) is 0. The Labute approximate surface area is 69.7 Å². The Hall–Kier alpha value is 1.75. The first-order valence-corrected chi connectivity index (χ1v) is 0. The smallest absolute Gasteiger partial charge is 2.00 e. The number of rotatable bonds is 0. The second-order valence-electron chi connectivity index (χ2n) is 0. The normalized spacial score (nSPS) is 0. The van der Waals surface area contributed by atoms with E-state index in [-0.39, 0.29) is 70.0 Å². The van der Waals surface area contributed by atoms with Gasteiger partial charge in [-0.05, 0) is 0 Å². The molecule has 0 heterocycles. The minimum absolute atomic E-state index is 0. The van der Waals surface area contributed by atoms with Crippen LogP contribution in [0.5, 0.6) is 0 Å². The van der Waals surface area contributed by atoms with Crippen molar-refractivity contribution in [1.29, 1.82) is 0 Å². The fourth-order valence-electron chi connectivity index (χ4n) is 0. The third-order valence-corrected chi connectivity index (χ3v) is 0. The van der Waals surface area contributed by atoms with E-state index < -0.39 is 0 Å². The Morgan fingerprint density at radius 2 is 1.00 bits per heavy atom. The summed E-state index contributed by atoms with van der Waals surface area (Å²) < 4.78 is 0. The first kappa shape index (κ1) is 72.8. The van der Waals surface area contributed by atoms with Crippen LogP contribution in [-0.2, 0) is 49.7 Å². The molecular formula is HCuLiO2Ti. The fourth-order valence-corrected chi connectivity index (χ4v) is 0. The zero-order chi connectivity index (χ0) is 0. The Morgan fingerprint density at radius 3 is 1.00 bits per heavy atom. The summed E-state index contributed by atoms with van der Waals surface area (Å²) in [7, 11) is 0. The molecule has 0 aromatic carbocycles. The number of hydrogen-bond acceptors (Lipinski definition) is 0. The molecule has 0 unspecified atom stereocenters. The van der Waals surface area contributed by atoms with Crippen LogP contribution in [0.4, 0.5) is 0 Å². The van der Waals surface area contributed by atoms with Crippen molar-refractivity contribution >= 4 is 0 Å². The molecule has 0 aliphatic heterocycles. The Bertz CT molecular complexity index is 13.5. The van der Waals surface area contributed by atoms with E-state index in [1.54, 1.807) is 0 Å². The van der Waals surface area contributed by atoms with Crippen LogP contribution in [0.1, 0.15) is 1.43 Å². The average Bonchev–Trinajstić information content (AvgIpc) is 0. The molecule has 2 nitrogen and oxygen atoms in total. The molecule has 0 rings (SSSR count). The Balaban J connectivity index is 0. The maximum absolute atomic E-state index is 0. The van der Waals surface area contributed by atoms with Crippen LogP contribution >= 0.6 is 0 Å². The van der Waals surface area contributed by atoms with E-state index in [9.17, 15) is 0 Å². The van der Waals surface area contributed by atoms with Crippen molar-refractivity contribution in [2.75, 3.05) is 0 Å². The molecule has 5 heteroatoms. The minimum Gasteiger partial charge on any atom is -2.00 e. The predicted octanol–water partition coefficient (Wildman–Crippen LogP) is -3.13. The van der Waals surface area contributed by atoms with Gasteiger partial charge in [-0.2, -0.15) is 0 Å². The van der Waals surface area contributed by atoms with Gasteiger partial charge in [-0.15, -0.1) is 0 Å². The van der Waals surface area contributed by atoms with E-state index in [1.165, 1.54) is 0 Å². The molecule has 0 amide bonds. The summed E-state index contributed by atoms with van der Waals surface area (Å²) in [5.41, 5.74) is 0. The first-order valence-electron chi connectivity index (χ1n) is 0. The molecule has 0 saturated heterocycles. The molecule has 5 heavy (non-hydrogen) atoms. The average molecular weight is 151 g/mol. The van der Waals surface area contributed by atoms with E-state index >= 15 is 0 Å². The van der Waals surface area contributed by atoms with Crippen molar-refractivity contribution in [3.05, 3.63) is 0 Å². The zero-order valence-electron chi connectivity index (χ0n) is 3.62. The van der Waals surface area contributed by atoms with E-state index in [4.69, 9.17) is 0 Å². The van der Waals surface area contributed by atoms with E-state index in [2.05, 4.69) is 0 Å². The van der Waals surface area contributed by atoms with E-state index in [0.29, 0.717) is 0 Å². The van der Waals surface area contributed by atoms with Crippen LogP contribution in [0.15, 0.2) is 0 Å². The van der Waals surface area contributed by atoms with Gasteiger partial charge in [-0.3, -0.25) is 0 Å². The SMILES string of the molecule is [Cu].[H-].[Li+].[O-2].[O-2].[Ti+4]. The predicted molar refractivity (Wildman–Crippen MR) is 2.49 cm³/mol. The van der Waals surface area contributed by atoms with Crippen LogP contribution in [-0.4, -0.2) is 0 Å². The van der Waals surface area contributed by atoms with Crippen LogP contribution < -0.4 is 18.9 Å². The number of hydrogen-bond donors (Lipinski definition) is 0. The summed E-state index contributed by atoms with van der Waals surface area (Å²) in [5, 5.41) is 0. The van der Waals surface area contributed by atoms with Gasteiger partial charge < -0.3 is 12.4 Å². The summed E-state index contributed by atoms with van der Waals surface area (Å²) in [5.74, 6) is 0. The second-order valence-corrected chi connectivity index (χ2v) is 0. The molecule has 0 aromatic heterocycles. The summed E-state index contributed by atoms with van der Waals surface area (Å²) >= 11 is 0. The van der Waals surface area contributed by atoms with Crippen molar-refractivity contribution in [1.82, 2.24) is 0 Å². The molecule has 0 aliphatic carbocycles. The fraction of sp³-hybridized carbons (Fsp3) is 0. The summed E-state index contributed by atoms with van der Waals surface area (Å²) in [6, 6.07) is 0. The van der Waals surface area contributed by atoms with E-state index in [1.807, 2.05) is 0 Å². The largest absolute Gasteiger partial charge is 4.00 e. The van der Waals surface area contributed by atoms with Gasteiger partial charge in [0.25, 0.3) is 0 Å². The molecule has 0 spiro atoms. The maximum Gasteiger partial charge on any atom is 4.00 e. The van der Waals surface area contributed by atoms with Crippen LogP contribution in [0.3, 0.4) is 0 Å². The van der Waals surface area contributed by atoms with Gasteiger partial charge in [0, 0.05) is 17.1 Å². The van der Waals surface area contributed by atoms with Gasteiger partial charge in [-0.25, -0.2) is 0 Å². The maximum atomic E-state index is 0. The van der Waals surface area contributed by atoms with Gasteiger partial charge in [0.05, 0.1) is 0 Å². The van der Waals surface area contributed by atoms with Gasteiger partial charge >= 0.3 is 40.6 Å². The molecule has 0 bridgehead atoms. The molecule has 0 aliphatic rings. The van der Waals surface area contributed by atoms with Crippen molar-refractivity contribution in [2.45, 2.75) is 0 Å². The van der Waals surface area contributed by atoms with Crippen LogP contribution in [0.25, 0.3) is 0 Å². The quantitative estimate of drug-likeness (QED) is 0.329. The van der Waals surface area contributed by atoms with Crippen molar-refractivity contribution in [3.63, 3.8) is 0 Å². The third-order valence-electron chi connectivity index (χ3n) is 0. The monoisotopic (exact) mass is 151 g/mol. The zero-order valence-corrected chi connectivity index (χ0v) is 5.12. The summed E-state index contributed by atoms with van der Waals surface area (Å²) in [4.78, 5) is 0. The van der Waals surface area contributed by atoms with Crippen molar-refractivity contribution < 1.29 is 70.0 Å². The minimum atomic E-state index is 0. The third kappa shape index (κ3) is 26.4. The molecule has 29 valence electrons. The van der Waals surface area contributed by atoms with Gasteiger partial charge in [0.1, 0.15) is 0 Å². The molecule has 0 N–H and O–H groups in total. The summed E-state index contributed by atoms with van der Waals surface area (Å²) in [6.07, 6.45) is 0. The molecule has 1 radical (unpaired) electrons. The topological polar surface area (TPSA) is 57.0 Å². The molecule has 0 fully saturated rings. The first-order chi connectivity index (χ1) is 0. The molecule has 0 saturated carbocycles. The van der Waals surface area contributed by atoms with Crippen LogP contribution in [0.2, 0.25) is 0 Å². The second kappa shape index (κ2) is 42.3. The standard InChI is InChI=1S/Cu.Li.2O.Ti.H/q;+1;2*-2;+4;-1. The van der Waals surface area contributed by atoms with Crippen LogP contribution in [0, 0.1) is 0 Å². The van der Waals surface area contributed by atoms with Crippen molar-refractivity contribution in [2.24, 2.45) is 0 Å². The van der Waals surface area contributed by atoms with Gasteiger partial charge in [0.15, 0.2) is 0 Å². The molecule has 0 atom stereocenters. The molecular weight excluding hydrogens is 150 g/mol. The van der Waals surface area contributed by atoms with Crippen molar-refractivity contribution in [3.8, 4) is 0 Å². The van der Waals surface area contributed by atoms with Gasteiger partial charge in [-0.1, -0.05) is 0 Å². The Morgan fingerprint density at radius 1 is 1.00 bits per heavy atom. The molecule has 0 aromatic rings. The van der Waals surface area contributed by atoms with E-state index in [0.717, 1.165) is 0 Å².